The van der Waals surface area contributed by atoms with E-state index in [0.717, 1.165) is 24.5 Å². The fourth-order valence-electron chi connectivity index (χ4n) is 2.24. The molecule has 2 fully saturated rings. The maximum absolute atomic E-state index is 12.5. The summed E-state index contributed by atoms with van der Waals surface area (Å²) in [4.78, 5) is 0. The van der Waals surface area contributed by atoms with E-state index in [1.54, 1.807) is 11.4 Å². The largest absolute Gasteiger partial charge is 0.314 e. The third-order valence-corrected chi connectivity index (χ3v) is 6.95. The Hall–Kier alpha value is 0.180. The normalized spacial score (nSPS) is 25.9. The van der Waals surface area contributed by atoms with Crippen LogP contribution in [0.15, 0.2) is 0 Å². The Balaban J connectivity index is 1.79. The Labute approximate surface area is 121 Å². The van der Waals surface area contributed by atoms with Gasteiger partial charge in [0.1, 0.15) is 0 Å². The Morgan fingerprint density at radius 1 is 1.42 bits per heavy atom. The van der Waals surface area contributed by atoms with Gasteiger partial charge in [-0.2, -0.15) is 28.8 Å². The van der Waals surface area contributed by atoms with Crippen LogP contribution < -0.4 is 5.32 Å². The van der Waals surface area contributed by atoms with E-state index in [1.807, 2.05) is 18.7 Å². The molecule has 1 aliphatic carbocycles. The van der Waals surface area contributed by atoms with Crippen LogP contribution in [0.5, 0.6) is 0 Å². The minimum atomic E-state index is -3.27. The molecule has 19 heavy (non-hydrogen) atoms. The van der Waals surface area contributed by atoms with Gasteiger partial charge >= 0.3 is 0 Å². The minimum Gasteiger partial charge on any atom is -0.314 e. The highest BCUT2D eigenvalue weighted by Crippen LogP contribution is 2.21. The first-order valence-corrected chi connectivity index (χ1v) is 9.61. The molecular formula is C12H25N3O2S2. The molecule has 5 nitrogen and oxygen atoms in total. The summed E-state index contributed by atoms with van der Waals surface area (Å²) in [5.74, 6) is 1.80. The van der Waals surface area contributed by atoms with E-state index < -0.39 is 10.2 Å². The first-order valence-electron chi connectivity index (χ1n) is 7.06. The van der Waals surface area contributed by atoms with Crippen LogP contribution in [0, 0.1) is 0 Å². The number of hydrogen-bond donors (Lipinski definition) is 1. The van der Waals surface area contributed by atoms with Gasteiger partial charge in [0.25, 0.3) is 10.2 Å². The quantitative estimate of drug-likeness (QED) is 0.705. The summed E-state index contributed by atoms with van der Waals surface area (Å²) in [6.07, 6.45) is 3.43. The van der Waals surface area contributed by atoms with Crippen molar-refractivity contribution in [2.45, 2.75) is 38.3 Å². The minimum absolute atomic E-state index is 0.107. The zero-order chi connectivity index (χ0) is 13.9. The summed E-state index contributed by atoms with van der Waals surface area (Å²) in [6, 6.07) is 0.803. The number of rotatable bonds is 7. The van der Waals surface area contributed by atoms with E-state index in [-0.39, 0.29) is 6.04 Å². The van der Waals surface area contributed by atoms with Gasteiger partial charge in [-0.15, -0.1) is 0 Å². The van der Waals surface area contributed by atoms with E-state index in [9.17, 15) is 8.42 Å². The van der Waals surface area contributed by atoms with E-state index in [1.165, 1.54) is 17.1 Å². The van der Waals surface area contributed by atoms with Crippen molar-refractivity contribution < 1.29 is 8.42 Å². The number of thioether (sulfide) groups is 1. The molecular weight excluding hydrogens is 282 g/mol. The maximum Gasteiger partial charge on any atom is 0.282 e. The third-order valence-electron chi connectivity index (χ3n) is 3.66. The molecule has 0 aromatic carbocycles. The summed E-state index contributed by atoms with van der Waals surface area (Å²) >= 11 is 1.83. The summed E-state index contributed by atoms with van der Waals surface area (Å²) in [5.41, 5.74) is 0. The van der Waals surface area contributed by atoms with Crippen molar-refractivity contribution in [1.82, 2.24) is 13.9 Å². The summed E-state index contributed by atoms with van der Waals surface area (Å²) < 4.78 is 28.1. The first kappa shape index (κ1) is 15.6. The molecule has 1 saturated carbocycles. The van der Waals surface area contributed by atoms with E-state index >= 15 is 0 Å². The lowest BCUT2D eigenvalue weighted by atomic mass is 10.4. The topological polar surface area (TPSA) is 52.7 Å². The molecule has 0 radical (unpaired) electrons. The Morgan fingerprint density at radius 2 is 2.16 bits per heavy atom. The standard InChI is InChI=1S/C12H25N3O2S2/c1-11-10-18-9-8-15(11)19(16,17)14(2)7-3-6-13-12-4-5-12/h11-13H,3-10H2,1-2H3. The number of nitrogens with zero attached hydrogens (tertiary/aromatic N) is 2. The molecule has 1 atom stereocenters. The van der Waals surface area contributed by atoms with E-state index in [0.29, 0.717) is 19.1 Å². The molecule has 1 aliphatic heterocycles. The number of hydrogen-bond acceptors (Lipinski definition) is 4. The second-order valence-corrected chi connectivity index (χ2v) is 8.58. The highest BCUT2D eigenvalue weighted by atomic mass is 32.2. The summed E-state index contributed by atoms with van der Waals surface area (Å²) in [7, 11) is -1.58. The molecule has 7 heteroatoms. The van der Waals surface area contributed by atoms with Gasteiger partial charge in [-0.25, -0.2) is 0 Å². The Bertz CT molecular complexity index is 384. The first-order chi connectivity index (χ1) is 9.01. The third kappa shape index (κ3) is 4.32. The van der Waals surface area contributed by atoms with Gasteiger partial charge in [-0.3, -0.25) is 0 Å². The van der Waals surface area contributed by atoms with Crippen molar-refractivity contribution in [3.05, 3.63) is 0 Å². The lowest BCUT2D eigenvalue weighted by molar-refractivity contribution is 0.326. The van der Waals surface area contributed by atoms with Crippen molar-refractivity contribution in [2.24, 2.45) is 0 Å². The van der Waals surface area contributed by atoms with Crippen molar-refractivity contribution in [3.63, 3.8) is 0 Å². The van der Waals surface area contributed by atoms with Gasteiger partial charge in [0, 0.05) is 43.7 Å². The van der Waals surface area contributed by atoms with Gasteiger partial charge in [0.05, 0.1) is 0 Å². The van der Waals surface area contributed by atoms with Gasteiger partial charge in [-0.05, 0) is 32.7 Å². The van der Waals surface area contributed by atoms with Crippen molar-refractivity contribution in [3.8, 4) is 0 Å². The molecule has 112 valence electrons. The molecule has 0 aromatic rings. The lowest BCUT2D eigenvalue weighted by Crippen LogP contribution is -2.50. The van der Waals surface area contributed by atoms with Crippen LogP contribution in [-0.2, 0) is 10.2 Å². The van der Waals surface area contributed by atoms with Gasteiger partial charge < -0.3 is 5.32 Å². The van der Waals surface area contributed by atoms with Crippen molar-refractivity contribution >= 4 is 22.0 Å². The predicted octanol–water partition coefficient (Wildman–Crippen LogP) is 0.742. The number of nitrogens with one attached hydrogen (secondary N) is 1. The zero-order valence-electron chi connectivity index (χ0n) is 11.8. The highest BCUT2D eigenvalue weighted by Gasteiger charge is 2.32. The van der Waals surface area contributed by atoms with E-state index in [4.69, 9.17) is 0 Å². The van der Waals surface area contributed by atoms with Crippen LogP contribution in [0.2, 0.25) is 0 Å². The molecule has 1 N–H and O–H groups in total. The lowest BCUT2D eigenvalue weighted by Gasteiger charge is -2.34. The average molecular weight is 307 g/mol. The van der Waals surface area contributed by atoms with Crippen LogP contribution >= 0.6 is 11.8 Å². The Kier molecular flexibility index (Phi) is 5.54. The zero-order valence-corrected chi connectivity index (χ0v) is 13.5. The Morgan fingerprint density at radius 3 is 2.79 bits per heavy atom. The van der Waals surface area contributed by atoms with Gasteiger partial charge in [0.15, 0.2) is 0 Å². The van der Waals surface area contributed by atoms with Crippen LogP contribution in [-0.4, -0.2) is 67.3 Å². The van der Waals surface area contributed by atoms with Gasteiger partial charge in [-0.1, -0.05) is 0 Å². The van der Waals surface area contributed by atoms with Gasteiger partial charge in [0.2, 0.25) is 0 Å². The molecule has 0 aromatic heterocycles. The SMILES string of the molecule is CC1CSCCN1S(=O)(=O)N(C)CCCNC1CC1. The molecule has 2 aliphatic rings. The highest BCUT2D eigenvalue weighted by molar-refractivity contribution is 7.99. The van der Waals surface area contributed by atoms with Crippen LogP contribution in [0.1, 0.15) is 26.2 Å². The molecule has 0 bridgehead atoms. The molecule has 1 unspecified atom stereocenters. The fraction of sp³-hybridized carbons (Fsp3) is 1.00. The second kappa shape index (κ2) is 6.76. The second-order valence-electron chi connectivity index (χ2n) is 5.45. The molecule has 0 spiro atoms. The smallest absolute Gasteiger partial charge is 0.282 e. The molecule has 2 rings (SSSR count). The summed E-state index contributed by atoms with van der Waals surface area (Å²) in [6.45, 7) is 4.14. The molecule has 1 saturated heterocycles. The van der Waals surface area contributed by atoms with Crippen LogP contribution in [0.3, 0.4) is 0 Å². The van der Waals surface area contributed by atoms with Crippen molar-refractivity contribution in [1.29, 1.82) is 0 Å². The van der Waals surface area contributed by atoms with Crippen molar-refractivity contribution in [2.75, 3.05) is 38.2 Å². The summed E-state index contributed by atoms with van der Waals surface area (Å²) in [5, 5.41) is 3.41. The molecule has 1 heterocycles. The monoisotopic (exact) mass is 307 g/mol. The maximum atomic E-state index is 12.5. The fourth-order valence-corrected chi connectivity index (χ4v) is 5.04. The average Bonchev–Trinajstić information content (AvgIpc) is 3.18. The van der Waals surface area contributed by atoms with Crippen LogP contribution in [0.25, 0.3) is 0 Å². The molecule has 0 amide bonds. The van der Waals surface area contributed by atoms with E-state index in [2.05, 4.69) is 5.32 Å². The van der Waals surface area contributed by atoms with Crippen LogP contribution in [0.4, 0.5) is 0 Å². The predicted molar refractivity (Wildman–Crippen MR) is 80.7 cm³/mol.